The Labute approximate surface area is 127 Å². The van der Waals surface area contributed by atoms with E-state index >= 15 is 0 Å². The van der Waals surface area contributed by atoms with Crippen LogP contribution in [-0.4, -0.2) is 25.8 Å². The Morgan fingerprint density at radius 1 is 1.52 bits per heavy atom. The van der Waals surface area contributed by atoms with Gasteiger partial charge in [-0.25, -0.2) is 4.68 Å². The molecular formula is C11H11BrN6O3. The van der Waals surface area contributed by atoms with Crippen LogP contribution in [0, 0.1) is 10.1 Å². The van der Waals surface area contributed by atoms with E-state index in [0.29, 0.717) is 15.9 Å². The summed E-state index contributed by atoms with van der Waals surface area (Å²) in [5.74, 6) is -0.385. The molecule has 0 unspecified atom stereocenters. The molecule has 0 saturated carbocycles. The molecule has 1 aromatic carbocycles. The van der Waals surface area contributed by atoms with E-state index in [4.69, 9.17) is 5.73 Å². The van der Waals surface area contributed by atoms with Crippen LogP contribution in [0.25, 0.3) is 0 Å². The van der Waals surface area contributed by atoms with Gasteiger partial charge in [0.25, 0.3) is 5.69 Å². The van der Waals surface area contributed by atoms with Crippen LogP contribution in [0.2, 0.25) is 0 Å². The standard InChI is InChI=1S/C11H11BrN6O3/c12-9-2-1-8(18(20)21)3-10(9)14-11(19)6-17-5-7(4-13)15-16-17/h1-3,5H,4,6,13H2,(H,14,19). The number of carbonyl (C=O) groups excluding carboxylic acids is 1. The molecular weight excluding hydrogens is 344 g/mol. The monoisotopic (exact) mass is 354 g/mol. The number of carbonyl (C=O) groups is 1. The van der Waals surface area contributed by atoms with E-state index in [2.05, 4.69) is 31.6 Å². The molecule has 0 atom stereocenters. The molecule has 0 aliphatic heterocycles. The zero-order valence-electron chi connectivity index (χ0n) is 10.7. The van der Waals surface area contributed by atoms with E-state index in [9.17, 15) is 14.9 Å². The van der Waals surface area contributed by atoms with Gasteiger partial charge in [0.05, 0.1) is 22.5 Å². The molecule has 0 fully saturated rings. The van der Waals surface area contributed by atoms with Crippen LogP contribution in [0.15, 0.2) is 28.9 Å². The number of aromatic nitrogens is 3. The molecule has 0 saturated heterocycles. The van der Waals surface area contributed by atoms with Crippen molar-refractivity contribution < 1.29 is 9.72 Å². The van der Waals surface area contributed by atoms with E-state index in [1.54, 1.807) is 6.20 Å². The number of halogens is 1. The van der Waals surface area contributed by atoms with Crippen LogP contribution >= 0.6 is 15.9 Å². The molecule has 2 aromatic rings. The Morgan fingerprint density at radius 3 is 2.90 bits per heavy atom. The summed E-state index contributed by atoms with van der Waals surface area (Å²) < 4.78 is 1.88. The van der Waals surface area contributed by atoms with Crippen molar-refractivity contribution in [2.45, 2.75) is 13.1 Å². The number of anilines is 1. The second-order valence-corrected chi connectivity index (χ2v) is 4.94. The Morgan fingerprint density at radius 2 is 2.29 bits per heavy atom. The van der Waals surface area contributed by atoms with Crippen molar-refractivity contribution in [2.24, 2.45) is 5.73 Å². The molecule has 1 aromatic heterocycles. The first-order chi connectivity index (χ1) is 9.99. The smallest absolute Gasteiger partial charge is 0.271 e. The Balaban J connectivity index is 2.08. The minimum atomic E-state index is -0.535. The number of nitrogens with two attached hydrogens (primary N) is 1. The molecule has 0 aliphatic carbocycles. The number of nitrogens with zero attached hydrogens (tertiary/aromatic N) is 4. The zero-order valence-corrected chi connectivity index (χ0v) is 12.3. The largest absolute Gasteiger partial charge is 0.325 e. The highest BCUT2D eigenvalue weighted by molar-refractivity contribution is 9.10. The summed E-state index contributed by atoms with van der Waals surface area (Å²) in [4.78, 5) is 22.1. The molecule has 1 heterocycles. The van der Waals surface area contributed by atoms with Crippen molar-refractivity contribution >= 4 is 33.2 Å². The quantitative estimate of drug-likeness (QED) is 0.609. The van der Waals surface area contributed by atoms with Crippen molar-refractivity contribution in [3.8, 4) is 0 Å². The lowest BCUT2D eigenvalue weighted by Crippen LogP contribution is -2.19. The molecule has 0 aliphatic rings. The fourth-order valence-electron chi connectivity index (χ4n) is 1.57. The average molecular weight is 355 g/mol. The number of nitro benzene ring substituents is 1. The van der Waals surface area contributed by atoms with Gasteiger partial charge < -0.3 is 11.1 Å². The molecule has 0 spiro atoms. The van der Waals surface area contributed by atoms with Gasteiger partial charge in [-0.2, -0.15) is 0 Å². The fourth-order valence-corrected chi connectivity index (χ4v) is 1.91. The van der Waals surface area contributed by atoms with Crippen LogP contribution in [0.5, 0.6) is 0 Å². The maximum atomic E-state index is 11.9. The van der Waals surface area contributed by atoms with Gasteiger partial charge in [-0.15, -0.1) is 5.10 Å². The van der Waals surface area contributed by atoms with Crippen LogP contribution in [0.4, 0.5) is 11.4 Å². The maximum Gasteiger partial charge on any atom is 0.271 e. The second kappa shape index (κ2) is 6.41. The van der Waals surface area contributed by atoms with E-state index in [1.165, 1.54) is 22.9 Å². The molecule has 0 radical (unpaired) electrons. The van der Waals surface area contributed by atoms with Gasteiger partial charge in [-0.05, 0) is 22.0 Å². The highest BCUT2D eigenvalue weighted by Crippen LogP contribution is 2.27. The van der Waals surface area contributed by atoms with Crippen LogP contribution in [0.3, 0.4) is 0 Å². The van der Waals surface area contributed by atoms with Crippen LogP contribution in [-0.2, 0) is 17.9 Å². The molecule has 2 rings (SSSR count). The highest BCUT2D eigenvalue weighted by atomic mass is 79.9. The van der Waals surface area contributed by atoms with E-state index < -0.39 is 4.92 Å². The van der Waals surface area contributed by atoms with Crippen molar-refractivity contribution in [3.05, 3.63) is 44.7 Å². The summed E-state index contributed by atoms with van der Waals surface area (Å²) in [5.41, 5.74) is 6.17. The number of amides is 1. The van der Waals surface area contributed by atoms with Gasteiger partial charge in [0, 0.05) is 23.2 Å². The first-order valence-electron chi connectivity index (χ1n) is 5.82. The summed E-state index contributed by atoms with van der Waals surface area (Å²) in [6.45, 7) is 0.167. The molecule has 9 nitrogen and oxygen atoms in total. The second-order valence-electron chi connectivity index (χ2n) is 4.08. The number of nitrogens with one attached hydrogen (secondary N) is 1. The molecule has 0 bridgehead atoms. The van der Waals surface area contributed by atoms with Gasteiger partial charge in [0.15, 0.2) is 0 Å². The highest BCUT2D eigenvalue weighted by Gasteiger charge is 2.12. The van der Waals surface area contributed by atoms with Crippen molar-refractivity contribution in [3.63, 3.8) is 0 Å². The van der Waals surface area contributed by atoms with Crippen molar-refractivity contribution in [1.82, 2.24) is 15.0 Å². The Kier molecular flexibility index (Phi) is 4.60. The SMILES string of the molecule is NCc1cn(CC(=O)Nc2cc([N+](=O)[O-])ccc2Br)nn1. The number of rotatable bonds is 5. The molecule has 1 amide bonds. The van der Waals surface area contributed by atoms with Crippen molar-refractivity contribution in [1.29, 1.82) is 0 Å². The maximum absolute atomic E-state index is 11.9. The summed E-state index contributed by atoms with van der Waals surface area (Å²) >= 11 is 3.22. The number of hydrogen-bond donors (Lipinski definition) is 2. The number of nitro groups is 1. The predicted octanol–water partition coefficient (Wildman–Crippen LogP) is 1.05. The third-order valence-corrected chi connectivity index (χ3v) is 3.23. The minimum Gasteiger partial charge on any atom is -0.325 e. The van der Waals surface area contributed by atoms with Crippen LogP contribution < -0.4 is 11.1 Å². The summed E-state index contributed by atoms with van der Waals surface area (Å²) in [6.07, 6.45) is 1.56. The Hall–Kier alpha value is -2.33. The van der Waals surface area contributed by atoms with Gasteiger partial charge in [0.1, 0.15) is 6.54 Å². The number of non-ortho nitro benzene ring substituents is 1. The van der Waals surface area contributed by atoms with Crippen LogP contribution in [0.1, 0.15) is 5.69 Å². The Bertz CT molecular complexity index is 686. The van der Waals surface area contributed by atoms with Crippen molar-refractivity contribution in [2.75, 3.05) is 5.32 Å². The predicted molar refractivity (Wildman–Crippen MR) is 77.3 cm³/mol. The van der Waals surface area contributed by atoms with Gasteiger partial charge >= 0.3 is 0 Å². The molecule has 21 heavy (non-hydrogen) atoms. The minimum absolute atomic E-state index is 0.0673. The topological polar surface area (TPSA) is 129 Å². The van der Waals surface area contributed by atoms with Gasteiger partial charge in [-0.3, -0.25) is 14.9 Å². The molecule has 110 valence electrons. The first-order valence-corrected chi connectivity index (χ1v) is 6.61. The number of hydrogen-bond acceptors (Lipinski definition) is 6. The number of benzene rings is 1. The van der Waals surface area contributed by atoms with E-state index in [1.807, 2.05) is 0 Å². The van der Waals surface area contributed by atoms with Gasteiger partial charge in [0.2, 0.25) is 5.91 Å². The van der Waals surface area contributed by atoms with E-state index in [-0.39, 0.29) is 24.7 Å². The summed E-state index contributed by atoms with van der Waals surface area (Å²) in [5, 5.41) is 20.8. The third kappa shape index (κ3) is 3.83. The average Bonchev–Trinajstić information content (AvgIpc) is 2.88. The fraction of sp³-hybridized carbons (Fsp3) is 0.182. The lowest BCUT2D eigenvalue weighted by atomic mass is 10.3. The normalized spacial score (nSPS) is 10.4. The lowest BCUT2D eigenvalue weighted by molar-refractivity contribution is -0.384. The zero-order chi connectivity index (χ0) is 15.4. The first kappa shape index (κ1) is 15.1. The molecule has 3 N–H and O–H groups in total. The molecule has 10 heteroatoms. The lowest BCUT2D eigenvalue weighted by Gasteiger charge is -2.07. The summed E-state index contributed by atoms with van der Waals surface area (Å²) in [6, 6.07) is 4.11. The van der Waals surface area contributed by atoms with Gasteiger partial charge in [-0.1, -0.05) is 5.21 Å². The van der Waals surface area contributed by atoms with E-state index in [0.717, 1.165) is 0 Å². The third-order valence-electron chi connectivity index (χ3n) is 2.54. The summed E-state index contributed by atoms with van der Waals surface area (Å²) in [7, 11) is 0.